The molecule has 0 saturated heterocycles. The van der Waals surface area contributed by atoms with Crippen molar-refractivity contribution in [3.05, 3.63) is 54.1 Å². The Balaban J connectivity index is 1.93. The number of hydrogen-bond acceptors (Lipinski definition) is 2. The SMILES string of the molecule is CC(NCCn1ccnc1)c1cccc(C(F)(F)F)c1. The number of rotatable bonds is 5. The fourth-order valence-electron chi connectivity index (χ4n) is 1.93. The number of nitrogens with zero attached hydrogens (tertiary/aromatic N) is 2. The molecule has 2 aromatic rings. The maximum Gasteiger partial charge on any atom is 0.416 e. The van der Waals surface area contributed by atoms with Crippen LogP contribution in [0.25, 0.3) is 0 Å². The fourth-order valence-corrected chi connectivity index (χ4v) is 1.93. The largest absolute Gasteiger partial charge is 0.416 e. The van der Waals surface area contributed by atoms with Crippen LogP contribution in [-0.4, -0.2) is 16.1 Å². The number of hydrogen-bond donors (Lipinski definition) is 1. The van der Waals surface area contributed by atoms with E-state index in [1.165, 1.54) is 12.1 Å². The first-order chi connectivity index (χ1) is 9.47. The quantitative estimate of drug-likeness (QED) is 0.913. The van der Waals surface area contributed by atoms with Crippen LogP contribution in [0.1, 0.15) is 24.1 Å². The van der Waals surface area contributed by atoms with Crippen molar-refractivity contribution < 1.29 is 13.2 Å². The van der Waals surface area contributed by atoms with E-state index < -0.39 is 11.7 Å². The third kappa shape index (κ3) is 3.84. The topological polar surface area (TPSA) is 29.9 Å². The predicted molar refractivity (Wildman–Crippen MR) is 70.1 cm³/mol. The maximum absolute atomic E-state index is 12.6. The summed E-state index contributed by atoms with van der Waals surface area (Å²) < 4.78 is 39.8. The normalized spacial score (nSPS) is 13.4. The van der Waals surface area contributed by atoms with E-state index in [9.17, 15) is 13.2 Å². The van der Waals surface area contributed by atoms with Crippen LogP contribution < -0.4 is 5.32 Å². The summed E-state index contributed by atoms with van der Waals surface area (Å²) in [6, 6.07) is 5.27. The van der Waals surface area contributed by atoms with Gasteiger partial charge in [-0.2, -0.15) is 13.2 Å². The van der Waals surface area contributed by atoms with E-state index in [1.807, 2.05) is 17.7 Å². The van der Waals surface area contributed by atoms with E-state index in [-0.39, 0.29) is 6.04 Å². The highest BCUT2D eigenvalue weighted by Crippen LogP contribution is 2.30. The predicted octanol–water partition coefficient (Wildman–Crippen LogP) is 3.25. The van der Waals surface area contributed by atoms with Gasteiger partial charge in [0.1, 0.15) is 0 Å². The molecule has 1 unspecified atom stereocenters. The molecule has 1 heterocycles. The zero-order valence-electron chi connectivity index (χ0n) is 11.1. The van der Waals surface area contributed by atoms with Gasteiger partial charge in [-0.15, -0.1) is 0 Å². The summed E-state index contributed by atoms with van der Waals surface area (Å²) >= 11 is 0. The number of alkyl halides is 3. The molecule has 0 bridgehead atoms. The summed E-state index contributed by atoms with van der Waals surface area (Å²) in [5.41, 5.74) is 0.0173. The molecule has 0 aliphatic carbocycles. The first kappa shape index (κ1) is 14.6. The second kappa shape index (κ2) is 6.09. The van der Waals surface area contributed by atoms with Crippen molar-refractivity contribution in [3.63, 3.8) is 0 Å². The van der Waals surface area contributed by atoms with Gasteiger partial charge in [-0.1, -0.05) is 12.1 Å². The molecule has 108 valence electrons. The van der Waals surface area contributed by atoms with Gasteiger partial charge in [-0.05, 0) is 24.6 Å². The van der Waals surface area contributed by atoms with E-state index in [0.29, 0.717) is 12.1 Å². The standard InChI is InChI=1S/C14H16F3N3/c1-11(19-6-8-20-7-5-18-10-20)12-3-2-4-13(9-12)14(15,16)17/h2-5,7,9-11,19H,6,8H2,1H3. The van der Waals surface area contributed by atoms with Crippen molar-refractivity contribution in [2.45, 2.75) is 25.7 Å². The molecule has 20 heavy (non-hydrogen) atoms. The number of nitrogens with one attached hydrogen (secondary N) is 1. The Hall–Kier alpha value is -1.82. The number of halogens is 3. The summed E-state index contributed by atoms with van der Waals surface area (Å²) in [5.74, 6) is 0. The lowest BCUT2D eigenvalue weighted by molar-refractivity contribution is -0.137. The Morgan fingerprint density at radius 2 is 2.15 bits per heavy atom. The van der Waals surface area contributed by atoms with Crippen molar-refractivity contribution in [2.24, 2.45) is 0 Å². The molecule has 1 atom stereocenters. The van der Waals surface area contributed by atoms with Crippen molar-refractivity contribution in [1.29, 1.82) is 0 Å². The zero-order chi connectivity index (χ0) is 14.6. The molecule has 6 heteroatoms. The number of aromatic nitrogens is 2. The molecule has 0 aliphatic rings. The van der Waals surface area contributed by atoms with Gasteiger partial charge in [0.2, 0.25) is 0 Å². The van der Waals surface area contributed by atoms with Crippen LogP contribution in [0.5, 0.6) is 0 Å². The highest BCUT2D eigenvalue weighted by Gasteiger charge is 2.30. The molecule has 1 aromatic heterocycles. The van der Waals surface area contributed by atoms with Crippen molar-refractivity contribution in [1.82, 2.24) is 14.9 Å². The molecule has 0 spiro atoms. The minimum atomic E-state index is -4.30. The highest BCUT2D eigenvalue weighted by molar-refractivity contribution is 5.27. The summed E-state index contributed by atoms with van der Waals surface area (Å²) in [6.07, 6.45) is 0.940. The van der Waals surface area contributed by atoms with E-state index in [1.54, 1.807) is 18.6 Å². The summed E-state index contributed by atoms with van der Waals surface area (Å²) in [5, 5.41) is 3.20. The van der Waals surface area contributed by atoms with E-state index in [2.05, 4.69) is 10.3 Å². The first-order valence-electron chi connectivity index (χ1n) is 6.33. The minimum Gasteiger partial charge on any atom is -0.336 e. The average Bonchev–Trinajstić information content (AvgIpc) is 2.91. The molecule has 0 aliphatic heterocycles. The van der Waals surface area contributed by atoms with Crippen LogP contribution in [0.3, 0.4) is 0 Å². The number of benzene rings is 1. The third-order valence-corrected chi connectivity index (χ3v) is 3.09. The van der Waals surface area contributed by atoms with E-state index in [0.717, 1.165) is 12.6 Å². The molecular formula is C14H16F3N3. The van der Waals surface area contributed by atoms with Crippen LogP contribution >= 0.6 is 0 Å². The van der Waals surface area contributed by atoms with Gasteiger partial charge in [0.15, 0.2) is 0 Å². The molecule has 2 rings (SSSR count). The van der Waals surface area contributed by atoms with Gasteiger partial charge >= 0.3 is 6.18 Å². The summed E-state index contributed by atoms with van der Waals surface area (Å²) in [6.45, 7) is 3.24. The molecule has 3 nitrogen and oxygen atoms in total. The zero-order valence-corrected chi connectivity index (χ0v) is 11.1. The Morgan fingerprint density at radius 3 is 2.80 bits per heavy atom. The fraction of sp³-hybridized carbons (Fsp3) is 0.357. The van der Waals surface area contributed by atoms with Gasteiger partial charge in [-0.25, -0.2) is 4.98 Å². The molecule has 0 saturated carbocycles. The summed E-state index contributed by atoms with van der Waals surface area (Å²) in [4.78, 5) is 3.93. The lowest BCUT2D eigenvalue weighted by Crippen LogP contribution is -2.23. The third-order valence-electron chi connectivity index (χ3n) is 3.09. The molecule has 1 N–H and O–H groups in total. The minimum absolute atomic E-state index is 0.138. The van der Waals surface area contributed by atoms with E-state index >= 15 is 0 Å². The Bertz CT molecular complexity index is 535. The average molecular weight is 283 g/mol. The monoisotopic (exact) mass is 283 g/mol. The molecule has 0 radical (unpaired) electrons. The smallest absolute Gasteiger partial charge is 0.336 e. The maximum atomic E-state index is 12.6. The first-order valence-corrected chi connectivity index (χ1v) is 6.33. The Kier molecular flexibility index (Phi) is 4.44. The molecule has 1 aromatic carbocycles. The lowest BCUT2D eigenvalue weighted by Gasteiger charge is -2.16. The highest BCUT2D eigenvalue weighted by atomic mass is 19.4. The molecular weight excluding hydrogens is 267 g/mol. The van der Waals surface area contributed by atoms with Gasteiger partial charge < -0.3 is 9.88 Å². The molecule has 0 amide bonds. The summed E-state index contributed by atoms with van der Waals surface area (Å²) in [7, 11) is 0. The van der Waals surface area contributed by atoms with Crippen molar-refractivity contribution in [3.8, 4) is 0 Å². The van der Waals surface area contributed by atoms with Gasteiger partial charge in [0.05, 0.1) is 11.9 Å². The van der Waals surface area contributed by atoms with Crippen LogP contribution in [0.2, 0.25) is 0 Å². The van der Waals surface area contributed by atoms with Gasteiger partial charge in [0, 0.05) is 31.5 Å². The van der Waals surface area contributed by atoms with Crippen LogP contribution in [-0.2, 0) is 12.7 Å². The second-order valence-electron chi connectivity index (χ2n) is 4.60. The lowest BCUT2D eigenvalue weighted by atomic mass is 10.0. The number of imidazole rings is 1. The molecule has 0 fully saturated rings. The van der Waals surface area contributed by atoms with Crippen LogP contribution in [0, 0.1) is 0 Å². The van der Waals surface area contributed by atoms with Gasteiger partial charge in [-0.3, -0.25) is 0 Å². The van der Waals surface area contributed by atoms with Crippen molar-refractivity contribution in [2.75, 3.05) is 6.54 Å². The van der Waals surface area contributed by atoms with Crippen molar-refractivity contribution >= 4 is 0 Å². The van der Waals surface area contributed by atoms with Gasteiger partial charge in [0.25, 0.3) is 0 Å². The Morgan fingerprint density at radius 1 is 1.35 bits per heavy atom. The second-order valence-corrected chi connectivity index (χ2v) is 4.60. The van der Waals surface area contributed by atoms with E-state index in [4.69, 9.17) is 0 Å². The van der Waals surface area contributed by atoms with Crippen LogP contribution in [0.15, 0.2) is 43.0 Å². The Labute approximate surface area is 115 Å². The van der Waals surface area contributed by atoms with Crippen LogP contribution in [0.4, 0.5) is 13.2 Å².